The van der Waals surface area contributed by atoms with E-state index in [0.29, 0.717) is 29.5 Å². The van der Waals surface area contributed by atoms with Gasteiger partial charge in [0.05, 0.1) is 18.8 Å². The van der Waals surface area contributed by atoms with Crippen molar-refractivity contribution in [3.05, 3.63) is 28.3 Å². The molecule has 0 radical (unpaired) electrons. The number of hydrogen-bond acceptors (Lipinski definition) is 5. The Kier molecular flexibility index (Phi) is 4.73. The van der Waals surface area contributed by atoms with Gasteiger partial charge in [-0.25, -0.2) is 4.79 Å². The smallest absolute Gasteiger partial charge is 0.338 e. The van der Waals surface area contributed by atoms with Crippen LogP contribution >= 0.6 is 0 Å². The van der Waals surface area contributed by atoms with E-state index < -0.39 is 11.6 Å². The van der Waals surface area contributed by atoms with Gasteiger partial charge in [0.15, 0.2) is 0 Å². The molecule has 2 heterocycles. The van der Waals surface area contributed by atoms with Crippen molar-refractivity contribution in [2.75, 3.05) is 14.2 Å². The molecule has 1 spiro atoms. The minimum absolute atomic E-state index is 0.0645. The van der Waals surface area contributed by atoms with Crippen molar-refractivity contribution in [3.8, 4) is 5.75 Å². The molecule has 2 fully saturated rings. The molecule has 1 aromatic carbocycles. The highest BCUT2D eigenvalue weighted by Gasteiger charge is 2.67. The van der Waals surface area contributed by atoms with Crippen LogP contribution in [0.5, 0.6) is 5.75 Å². The highest BCUT2D eigenvalue weighted by molar-refractivity contribution is 6.03. The molecule has 1 amide bonds. The number of carbonyl (C=O) groups excluding carboxylic acids is 2. The van der Waals surface area contributed by atoms with Crippen LogP contribution in [0.3, 0.4) is 0 Å². The van der Waals surface area contributed by atoms with Crippen molar-refractivity contribution in [3.63, 3.8) is 0 Å². The average Bonchev–Trinajstić information content (AvgIpc) is 3.12. The third-order valence-corrected chi connectivity index (χ3v) is 9.46. The largest absolute Gasteiger partial charge is 0.486 e. The minimum atomic E-state index is -0.411. The summed E-state index contributed by atoms with van der Waals surface area (Å²) in [6.45, 7) is 9.80. The number of esters is 1. The number of hydrogen-bond donors (Lipinski definition) is 1. The van der Waals surface area contributed by atoms with E-state index in [9.17, 15) is 9.59 Å². The molecule has 0 aromatic heterocycles. The fraction of sp³-hybridized carbons (Fsp3) is 0.692. The average molecular weight is 442 g/mol. The maximum Gasteiger partial charge on any atom is 0.338 e. The fourth-order valence-electron chi connectivity index (χ4n) is 7.57. The predicted octanol–water partition coefficient (Wildman–Crippen LogP) is 4.28. The summed E-state index contributed by atoms with van der Waals surface area (Å²) >= 11 is 0. The van der Waals surface area contributed by atoms with E-state index >= 15 is 0 Å². The zero-order valence-electron chi connectivity index (χ0n) is 20.1. The van der Waals surface area contributed by atoms with E-state index in [1.54, 1.807) is 13.2 Å². The second kappa shape index (κ2) is 6.96. The van der Waals surface area contributed by atoms with Crippen molar-refractivity contribution in [1.82, 2.24) is 5.32 Å². The Bertz CT molecular complexity index is 1000. The highest BCUT2D eigenvalue weighted by atomic mass is 16.5. The van der Waals surface area contributed by atoms with Gasteiger partial charge in [-0.2, -0.15) is 0 Å². The van der Waals surface area contributed by atoms with Gasteiger partial charge in [-0.1, -0.05) is 27.7 Å². The van der Waals surface area contributed by atoms with Gasteiger partial charge in [0.25, 0.3) is 5.91 Å². The summed E-state index contributed by atoms with van der Waals surface area (Å²) in [4.78, 5) is 25.3. The van der Waals surface area contributed by atoms with Gasteiger partial charge < -0.3 is 19.5 Å². The molecular formula is C26H35NO5. The number of rotatable bonds is 2. The molecule has 32 heavy (non-hydrogen) atoms. The van der Waals surface area contributed by atoms with Crippen LogP contribution in [0.2, 0.25) is 0 Å². The normalized spacial score (nSPS) is 36.7. The van der Waals surface area contributed by atoms with Crippen LogP contribution in [-0.2, 0) is 22.4 Å². The van der Waals surface area contributed by atoms with Crippen LogP contribution in [0.4, 0.5) is 0 Å². The van der Waals surface area contributed by atoms with Crippen LogP contribution in [-0.4, -0.2) is 37.8 Å². The predicted molar refractivity (Wildman–Crippen MR) is 120 cm³/mol. The number of ether oxygens (including phenoxy) is 3. The minimum Gasteiger partial charge on any atom is -0.486 e. The number of methoxy groups -OCH3 is 2. The molecule has 0 saturated heterocycles. The number of benzene rings is 1. The lowest BCUT2D eigenvalue weighted by Gasteiger charge is -2.67. The summed E-state index contributed by atoms with van der Waals surface area (Å²) in [6.07, 6.45) is 4.95. The lowest BCUT2D eigenvalue weighted by molar-refractivity contribution is -0.233. The first-order valence-electron chi connectivity index (χ1n) is 11.8. The van der Waals surface area contributed by atoms with Crippen LogP contribution in [0.15, 0.2) is 6.07 Å². The first-order valence-corrected chi connectivity index (χ1v) is 11.8. The van der Waals surface area contributed by atoms with Gasteiger partial charge in [0.1, 0.15) is 11.4 Å². The monoisotopic (exact) mass is 441 g/mol. The Morgan fingerprint density at radius 3 is 2.59 bits per heavy atom. The lowest BCUT2D eigenvalue weighted by atomic mass is 9.43. The third kappa shape index (κ3) is 2.68. The number of fused-ring (bicyclic) bond motifs is 3. The van der Waals surface area contributed by atoms with Gasteiger partial charge in [-0.05, 0) is 43.1 Å². The number of carbonyl (C=O) groups is 2. The maximum atomic E-state index is 12.8. The number of amides is 1. The van der Waals surface area contributed by atoms with E-state index in [1.165, 1.54) is 7.11 Å². The van der Waals surface area contributed by atoms with Gasteiger partial charge in [0, 0.05) is 48.1 Å². The zero-order chi connectivity index (χ0) is 23.1. The molecular weight excluding hydrogens is 406 g/mol. The molecule has 2 saturated carbocycles. The molecule has 0 unspecified atom stereocenters. The number of nitrogens with one attached hydrogen (secondary N) is 1. The third-order valence-electron chi connectivity index (χ3n) is 9.46. The quantitative estimate of drug-likeness (QED) is 0.694. The van der Waals surface area contributed by atoms with Crippen molar-refractivity contribution >= 4 is 11.9 Å². The van der Waals surface area contributed by atoms with Crippen LogP contribution in [0.25, 0.3) is 0 Å². The van der Waals surface area contributed by atoms with E-state index in [1.807, 2.05) is 0 Å². The van der Waals surface area contributed by atoms with Crippen molar-refractivity contribution in [2.45, 2.75) is 78.0 Å². The Morgan fingerprint density at radius 1 is 1.16 bits per heavy atom. The molecule has 0 bridgehead atoms. The Labute approximate surface area is 190 Å². The highest BCUT2D eigenvalue weighted by Crippen LogP contribution is 2.66. The van der Waals surface area contributed by atoms with E-state index in [0.717, 1.165) is 49.0 Å². The van der Waals surface area contributed by atoms with Crippen LogP contribution in [0.1, 0.15) is 85.2 Å². The molecule has 5 atom stereocenters. The van der Waals surface area contributed by atoms with Crippen LogP contribution < -0.4 is 10.1 Å². The second-order valence-corrected chi connectivity index (χ2v) is 11.3. The molecule has 5 rings (SSSR count). The van der Waals surface area contributed by atoms with E-state index in [4.69, 9.17) is 14.2 Å². The molecule has 1 aromatic rings. The first-order chi connectivity index (χ1) is 15.1. The Hall–Kier alpha value is -2.08. The summed E-state index contributed by atoms with van der Waals surface area (Å²) in [7, 11) is 3.19. The van der Waals surface area contributed by atoms with Gasteiger partial charge in [-0.15, -0.1) is 0 Å². The van der Waals surface area contributed by atoms with Crippen molar-refractivity contribution in [1.29, 1.82) is 0 Å². The summed E-state index contributed by atoms with van der Waals surface area (Å²) in [5.74, 6) is 0.959. The van der Waals surface area contributed by atoms with Crippen molar-refractivity contribution < 1.29 is 23.8 Å². The fourth-order valence-corrected chi connectivity index (χ4v) is 7.57. The molecule has 2 aliphatic carbocycles. The molecule has 4 aliphatic rings. The summed E-state index contributed by atoms with van der Waals surface area (Å²) in [5, 5.41) is 2.92. The van der Waals surface area contributed by atoms with E-state index in [2.05, 4.69) is 33.0 Å². The first kappa shape index (κ1) is 21.7. The molecule has 174 valence electrons. The van der Waals surface area contributed by atoms with Gasteiger partial charge >= 0.3 is 5.97 Å². The standard InChI is InChI=1S/C26H35NO5/c1-14-7-8-20-24(2,3)10-15(30-5)11-26(20)25(14,4)12-18-17(23(29)31-6)9-16-19(21(18)32-26)13-27-22(16)28/h9,14-15,20H,7-8,10-13H2,1-6H3,(H,27,28)/t14-,15+,20-,25+,26-/m0/s1. The lowest BCUT2D eigenvalue weighted by Crippen LogP contribution is -2.70. The topological polar surface area (TPSA) is 73.9 Å². The molecule has 1 N–H and O–H groups in total. The summed E-state index contributed by atoms with van der Waals surface area (Å²) in [5.41, 5.74) is 2.26. The summed E-state index contributed by atoms with van der Waals surface area (Å²) < 4.78 is 18.3. The van der Waals surface area contributed by atoms with Gasteiger partial charge in [-0.3, -0.25) is 4.79 Å². The molecule has 6 heteroatoms. The Morgan fingerprint density at radius 2 is 1.91 bits per heavy atom. The van der Waals surface area contributed by atoms with E-state index in [-0.39, 0.29) is 22.8 Å². The molecule has 2 aliphatic heterocycles. The second-order valence-electron chi connectivity index (χ2n) is 11.3. The van der Waals surface area contributed by atoms with Gasteiger partial charge in [0.2, 0.25) is 0 Å². The maximum absolute atomic E-state index is 12.8. The Balaban J connectivity index is 1.77. The molecule has 6 nitrogen and oxygen atoms in total. The SMILES string of the molecule is COC(=O)c1cc2c(c3c1C[C@]1(C)[C@@H](C)CC[C@H]4C(C)(C)C[C@@H](OC)C[C@]41O3)CNC2=O. The summed E-state index contributed by atoms with van der Waals surface area (Å²) in [6, 6.07) is 1.71. The van der Waals surface area contributed by atoms with Crippen LogP contribution in [0, 0.1) is 22.7 Å². The zero-order valence-corrected chi connectivity index (χ0v) is 20.1. The van der Waals surface area contributed by atoms with Crippen molar-refractivity contribution in [2.24, 2.45) is 22.7 Å².